The van der Waals surface area contributed by atoms with Gasteiger partial charge in [-0.2, -0.15) is 13.2 Å². The third-order valence-corrected chi connectivity index (χ3v) is 6.01. The summed E-state index contributed by atoms with van der Waals surface area (Å²) in [5.74, 6) is -1.15. The van der Waals surface area contributed by atoms with Crippen LogP contribution in [0.2, 0.25) is 0 Å². The molecule has 1 fully saturated rings. The normalized spacial score (nSPS) is 14.6. The second-order valence-electron chi connectivity index (χ2n) is 8.50. The molecule has 1 heterocycles. The lowest BCUT2D eigenvalue weighted by Crippen LogP contribution is -2.46. The molecule has 0 aliphatic carbocycles. The van der Waals surface area contributed by atoms with E-state index in [1.54, 1.807) is 24.3 Å². The van der Waals surface area contributed by atoms with Gasteiger partial charge in [-0.3, -0.25) is 9.59 Å². The number of amides is 2. The Kier molecular flexibility index (Phi) is 8.10. The summed E-state index contributed by atoms with van der Waals surface area (Å²) in [6.07, 6.45) is -4.41. The van der Waals surface area contributed by atoms with E-state index in [1.165, 1.54) is 24.3 Å². The summed E-state index contributed by atoms with van der Waals surface area (Å²) in [6, 6.07) is 17.0. The number of anilines is 2. The first-order chi connectivity index (χ1) is 17.7. The molecule has 1 saturated heterocycles. The summed E-state index contributed by atoms with van der Waals surface area (Å²) >= 11 is 0. The van der Waals surface area contributed by atoms with Crippen molar-refractivity contribution in [3.05, 3.63) is 83.9 Å². The van der Waals surface area contributed by atoms with Crippen molar-refractivity contribution in [2.24, 2.45) is 0 Å². The Hall–Kier alpha value is -3.89. The number of morpholine rings is 1. The maximum atomic E-state index is 12.8. The molecule has 194 valence electrons. The minimum absolute atomic E-state index is 0.233. The van der Waals surface area contributed by atoms with Gasteiger partial charge in [0.05, 0.1) is 25.4 Å². The van der Waals surface area contributed by atoms with Gasteiger partial charge in [0.2, 0.25) is 5.91 Å². The molecule has 0 spiro atoms. The lowest BCUT2D eigenvalue weighted by molar-refractivity contribution is -0.137. The van der Waals surface area contributed by atoms with Crippen LogP contribution in [0.4, 0.5) is 24.5 Å². The molecule has 0 aromatic heterocycles. The molecular weight excluding hydrogens is 487 g/mol. The van der Waals surface area contributed by atoms with Crippen LogP contribution < -0.4 is 15.5 Å². The zero-order chi connectivity index (χ0) is 26.4. The van der Waals surface area contributed by atoms with Crippen molar-refractivity contribution in [3.63, 3.8) is 0 Å². The van der Waals surface area contributed by atoms with Crippen molar-refractivity contribution in [2.45, 2.75) is 12.2 Å². The standard InChI is InChI=1S/C27H26F3N3O4/c28-27(29,30)21-7-5-19(6-8-21)18-1-3-20(4-2-18)25(35)32-24(17-34)26(36)31-22-9-11-23(12-10-22)33-13-15-37-16-14-33/h1-12,24,34H,13-17H2,(H,31,36)(H,32,35)/t24-/m0/s1. The van der Waals surface area contributed by atoms with Gasteiger partial charge in [0, 0.05) is 30.0 Å². The first-order valence-electron chi connectivity index (χ1n) is 11.7. The summed E-state index contributed by atoms with van der Waals surface area (Å²) in [7, 11) is 0. The Bertz CT molecular complexity index is 1210. The highest BCUT2D eigenvalue weighted by atomic mass is 19.4. The van der Waals surface area contributed by atoms with E-state index in [1.807, 2.05) is 12.1 Å². The molecule has 3 N–H and O–H groups in total. The fourth-order valence-electron chi connectivity index (χ4n) is 3.91. The maximum absolute atomic E-state index is 12.8. The van der Waals surface area contributed by atoms with Gasteiger partial charge in [0.15, 0.2) is 0 Å². The van der Waals surface area contributed by atoms with Crippen LogP contribution in [0, 0.1) is 0 Å². The summed E-state index contributed by atoms with van der Waals surface area (Å²) in [6.45, 7) is 2.29. The molecular formula is C27H26F3N3O4. The van der Waals surface area contributed by atoms with Gasteiger partial charge in [-0.05, 0) is 59.7 Å². The van der Waals surface area contributed by atoms with Crippen molar-refractivity contribution in [3.8, 4) is 11.1 Å². The molecule has 2 amide bonds. The Morgan fingerprint density at radius 3 is 2.00 bits per heavy atom. The Morgan fingerprint density at radius 1 is 0.892 bits per heavy atom. The highest BCUT2D eigenvalue weighted by molar-refractivity contribution is 6.01. The third-order valence-electron chi connectivity index (χ3n) is 6.01. The number of halogens is 3. The molecule has 3 aromatic rings. The molecule has 0 bridgehead atoms. The highest BCUT2D eigenvalue weighted by Crippen LogP contribution is 2.31. The summed E-state index contributed by atoms with van der Waals surface area (Å²) in [4.78, 5) is 27.5. The van der Waals surface area contributed by atoms with E-state index in [-0.39, 0.29) is 5.56 Å². The highest BCUT2D eigenvalue weighted by Gasteiger charge is 2.30. The van der Waals surface area contributed by atoms with Crippen LogP contribution in [-0.2, 0) is 15.7 Å². The molecule has 37 heavy (non-hydrogen) atoms. The summed E-state index contributed by atoms with van der Waals surface area (Å²) < 4.78 is 43.6. The molecule has 10 heteroatoms. The number of hydrogen-bond acceptors (Lipinski definition) is 5. The van der Waals surface area contributed by atoms with Crippen LogP contribution in [0.1, 0.15) is 15.9 Å². The van der Waals surface area contributed by atoms with Crippen molar-refractivity contribution >= 4 is 23.2 Å². The largest absolute Gasteiger partial charge is 0.416 e. The van der Waals surface area contributed by atoms with E-state index < -0.39 is 36.2 Å². The molecule has 0 unspecified atom stereocenters. The third kappa shape index (κ3) is 6.66. The molecule has 0 radical (unpaired) electrons. The van der Waals surface area contributed by atoms with Gasteiger partial charge < -0.3 is 25.4 Å². The molecule has 1 atom stereocenters. The fourth-order valence-corrected chi connectivity index (χ4v) is 3.91. The predicted molar refractivity (Wildman–Crippen MR) is 133 cm³/mol. The zero-order valence-corrected chi connectivity index (χ0v) is 19.8. The molecule has 3 aromatic carbocycles. The topological polar surface area (TPSA) is 90.9 Å². The van der Waals surface area contributed by atoms with Crippen LogP contribution in [-0.4, -0.2) is 55.9 Å². The van der Waals surface area contributed by atoms with E-state index in [0.717, 1.165) is 30.9 Å². The van der Waals surface area contributed by atoms with Crippen molar-refractivity contribution in [1.82, 2.24) is 5.32 Å². The van der Waals surface area contributed by atoms with E-state index in [2.05, 4.69) is 15.5 Å². The van der Waals surface area contributed by atoms with E-state index in [4.69, 9.17) is 4.74 Å². The summed E-state index contributed by atoms with van der Waals surface area (Å²) in [5, 5.41) is 14.9. The second kappa shape index (κ2) is 11.4. The van der Waals surface area contributed by atoms with Crippen LogP contribution >= 0.6 is 0 Å². The van der Waals surface area contributed by atoms with E-state index >= 15 is 0 Å². The second-order valence-corrected chi connectivity index (χ2v) is 8.50. The van der Waals surface area contributed by atoms with Gasteiger partial charge in [-0.15, -0.1) is 0 Å². The van der Waals surface area contributed by atoms with Crippen molar-refractivity contribution in [1.29, 1.82) is 0 Å². The number of aliphatic hydroxyl groups is 1. The average molecular weight is 514 g/mol. The number of nitrogens with one attached hydrogen (secondary N) is 2. The quantitative estimate of drug-likeness (QED) is 0.445. The van der Waals surface area contributed by atoms with Crippen molar-refractivity contribution in [2.75, 3.05) is 43.1 Å². The number of benzene rings is 3. The first-order valence-corrected chi connectivity index (χ1v) is 11.7. The Labute approximate surface area is 211 Å². The number of carbonyl (C=O) groups excluding carboxylic acids is 2. The lowest BCUT2D eigenvalue weighted by Gasteiger charge is -2.29. The van der Waals surface area contributed by atoms with Crippen molar-refractivity contribution < 1.29 is 32.6 Å². The Morgan fingerprint density at radius 2 is 1.46 bits per heavy atom. The maximum Gasteiger partial charge on any atom is 0.416 e. The lowest BCUT2D eigenvalue weighted by atomic mass is 10.0. The fraction of sp³-hybridized carbons (Fsp3) is 0.259. The van der Waals surface area contributed by atoms with E-state index in [9.17, 15) is 27.9 Å². The zero-order valence-electron chi connectivity index (χ0n) is 19.8. The smallest absolute Gasteiger partial charge is 0.394 e. The summed E-state index contributed by atoms with van der Waals surface area (Å²) in [5.41, 5.74) is 2.21. The van der Waals surface area contributed by atoms with Gasteiger partial charge in [0.25, 0.3) is 5.91 Å². The number of carbonyl (C=O) groups is 2. The molecule has 7 nitrogen and oxygen atoms in total. The number of alkyl halides is 3. The SMILES string of the molecule is O=C(N[C@@H](CO)C(=O)Nc1ccc(N2CCOCC2)cc1)c1ccc(-c2ccc(C(F)(F)F)cc2)cc1. The number of aliphatic hydroxyl groups excluding tert-OH is 1. The van der Waals surface area contributed by atoms with Gasteiger partial charge in [0.1, 0.15) is 6.04 Å². The minimum atomic E-state index is -4.41. The average Bonchev–Trinajstić information content (AvgIpc) is 2.92. The Balaban J connectivity index is 1.35. The van der Waals surface area contributed by atoms with Gasteiger partial charge >= 0.3 is 6.18 Å². The molecule has 1 aliphatic heterocycles. The van der Waals surface area contributed by atoms with Crippen LogP contribution in [0.15, 0.2) is 72.8 Å². The molecule has 0 saturated carbocycles. The monoisotopic (exact) mass is 513 g/mol. The number of rotatable bonds is 7. The number of hydrogen-bond donors (Lipinski definition) is 3. The number of ether oxygens (including phenoxy) is 1. The van der Waals surface area contributed by atoms with Crippen LogP contribution in [0.3, 0.4) is 0 Å². The minimum Gasteiger partial charge on any atom is -0.394 e. The van der Waals surface area contributed by atoms with Crippen LogP contribution in [0.25, 0.3) is 11.1 Å². The van der Waals surface area contributed by atoms with E-state index in [0.29, 0.717) is 30.0 Å². The number of nitrogens with zero attached hydrogens (tertiary/aromatic N) is 1. The predicted octanol–water partition coefficient (Wildman–Crippen LogP) is 3.94. The molecule has 1 aliphatic rings. The van der Waals surface area contributed by atoms with Crippen LogP contribution in [0.5, 0.6) is 0 Å². The van der Waals surface area contributed by atoms with Gasteiger partial charge in [-0.25, -0.2) is 0 Å². The molecule has 4 rings (SSSR count). The van der Waals surface area contributed by atoms with Gasteiger partial charge in [-0.1, -0.05) is 24.3 Å². The first kappa shape index (κ1) is 26.2.